The number of benzene rings is 1. The first-order valence-electron chi connectivity index (χ1n) is 8.17. The lowest BCUT2D eigenvalue weighted by molar-refractivity contribution is -0.193. The molecule has 0 spiro atoms. The summed E-state index contributed by atoms with van der Waals surface area (Å²) in [6, 6.07) is 3.50. The molecule has 3 nitrogen and oxygen atoms in total. The molecule has 1 N–H and O–H groups in total. The Morgan fingerprint density at radius 3 is 2.35 bits per heavy atom. The van der Waals surface area contributed by atoms with Crippen molar-refractivity contribution < 1.29 is 27.3 Å². The fourth-order valence-electron chi connectivity index (χ4n) is 3.66. The molecule has 0 aromatic heterocycles. The molecule has 1 aromatic rings. The number of aliphatic hydroxyl groups is 1. The molecule has 0 aliphatic heterocycles. The molecule has 2 rings (SSSR count). The lowest BCUT2D eigenvalue weighted by Crippen LogP contribution is -2.41. The largest absolute Gasteiger partial charge is 0.509 e. The van der Waals surface area contributed by atoms with Crippen LogP contribution in [0.1, 0.15) is 43.7 Å². The molecule has 0 unspecified atom stereocenters. The molecule has 146 valence electrons. The van der Waals surface area contributed by atoms with Gasteiger partial charge in [-0.3, -0.25) is 0 Å². The van der Waals surface area contributed by atoms with Crippen LogP contribution in [0.4, 0.5) is 13.2 Å². The van der Waals surface area contributed by atoms with E-state index in [1.54, 1.807) is 13.0 Å². The van der Waals surface area contributed by atoms with Crippen molar-refractivity contribution in [2.24, 2.45) is 5.92 Å². The third kappa shape index (κ3) is 4.15. The normalized spacial score (nSPS) is 25.0. The van der Waals surface area contributed by atoms with Crippen LogP contribution in [0.2, 0.25) is 0 Å². The molecule has 0 bridgehead atoms. The van der Waals surface area contributed by atoms with Crippen molar-refractivity contribution in [3.05, 3.63) is 33.5 Å². The van der Waals surface area contributed by atoms with E-state index in [9.17, 15) is 18.3 Å². The van der Waals surface area contributed by atoms with E-state index in [1.807, 2.05) is 13.0 Å². The zero-order chi connectivity index (χ0) is 19.7. The van der Waals surface area contributed by atoms with E-state index in [4.69, 9.17) is 20.9 Å². The summed E-state index contributed by atoms with van der Waals surface area (Å²) in [6.07, 6.45) is -4.23. The number of hydrogen-bond donors (Lipinski definition) is 1. The van der Waals surface area contributed by atoms with Crippen molar-refractivity contribution >= 4 is 33.4 Å². The summed E-state index contributed by atoms with van der Waals surface area (Å²) in [5.41, 5.74) is 0.719. The Bertz CT molecular complexity index is 696. The number of rotatable bonds is 4. The minimum Gasteiger partial charge on any atom is -0.509 e. The van der Waals surface area contributed by atoms with Crippen molar-refractivity contribution in [1.82, 2.24) is 0 Å². The molecule has 1 saturated carbocycles. The zero-order valence-electron chi connectivity index (χ0n) is 14.7. The Labute approximate surface area is 164 Å². The van der Waals surface area contributed by atoms with Crippen molar-refractivity contribution in [3.63, 3.8) is 0 Å². The maximum atomic E-state index is 13.0. The van der Waals surface area contributed by atoms with Gasteiger partial charge >= 0.3 is 6.18 Å². The van der Waals surface area contributed by atoms with Crippen molar-refractivity contribution in [1.29, 1.82) is 0 Å². The minimum absolute atomic E-state index is 0.0824. The molecule has 0 heterocycles. The Morgan fingerprint density at radius 2 is 1.88 bits per heavy atom. The van der Waals surface area contributed by atoms with Gasteiger partial charge in [-0.15, -0.1) is 0 Å². The predicted molar refractivity (Wildman–Crippen MR) is 98.3 cm³/mol. The Kier molecular flexibility index (Phi) is 6.57. The molecule has 1 aromatic carbocycles. The first-order chi connectivity index (χ1) is 12.1. The van der Waals surface area contributed by atoms with Gasteiger partial charge in [0.05, 0.1) is 5.92 Å². The van der Waals surface area contributed by atoms with E-state index in [2.05, 4.69) is 15.9 Å². The van der Waals surface area contributed by atoms with Crippen LogP contribution < -0.4 is 4.29 Å². The van der Waals surface area contributed by atoms with E-state index < -0.39 is 17.7 Å². The number of methoxy groups -OCH3 is 1. The van der Waals surface area contributed by atoms with Crippen LogP contribution in [0.3, 0.4) is 0 Å². The molecular weight excluding hydrogens is 437 g/mol. The Balaban J connectivity index is 2.43. The van der Waals surface area contributed by atoms with Crippen molar-refractivity contribution in [2.75, 3.05) is 7.11 Å². The second kappa shape index (κ2) is 7.98. The van der Waals surface area contributed by atoms with Crippen LogP contribution >= 0.6 is 27.8 Å². The highest BCUT2D eigenvalue weighted by Crippen LogP contribution is 2.47. The summed E-state index contributed by atoms with van der Waals surface area (Å²) >= 11 is 8.92. The summed E-state index contributed by atoms with van der Waals surface area (Å²) in [5.74, 6) is -1.10. The lowest BCUT2D eigenvalue weighted by Gasteiger charge is -2.39. The summed E-state index contributed by atoms with van der Waals surface area (Å²) in [5, 5.41) is 10.9. The number of alkyl halides is 3. The molecule has 0 amide bonds. The van der Waals surface area contributed by atoms with Crippen LogP contribution in [0, 0.1) is 12.8 Å². The number of aryl methyl sites for hydroxylation is 1. The van der Waals surface area contributed by atoms with Crippen molar-refractivity contribution in [2.45, 2.75) is 51.3 Å². The second-order valence-electron chi connectivity index (χ2n) is 6.66. The van der Waals surface area contributed by atoms with Gasteiger partial charge in [0.2, 0.25) is 0 Å². The Morgan fingerprint density at radius 1 is 1.31 bits per heavy atom. The third-order valence-electron chi connectivity index (χ3n) is 5.16. The van der Waals surface area contributed by atoms with Gasteiger partial charge in [-0.2, -0.15) is 13.2 Å². The van der Waals surface area contributed by atoms with Crippen LogP contribution in [0.25, 0.3) is 5.57 Å². The topological polar surface area (TPSA) is 38.7 Å². The average molecular weight is 458 g/mol. The summed E-state index contributed by atoms with van der Waals surface area (Å²) in [6.45, 7) is 3.51. The highest BCUT2D eigenvalue weighted by molar-refractivity contribution is 9.10. The van der Waals surface area contributed by atoms with Crippen LogP contribution in [0.15, 0.2) is 22.4 Å². The molecule has 26 heavy (non-hydrogen) atoms. The number of hydrogen-bond acceptors (Lipinski definition) is 3. The zero-order valence-corrected chi connectivity index (χ0v) is 17.1. The summed E-state index contributed by atoms with van der Waals surface area (Å²) < 4.78 is 50.1. The highest BCUT2D eigenvalue weighted by Gasteiger charge is 2.48. The first-order valence-corrected chi connectivity index (χ1v) is 9.27. The minimum atomic E-state index is -4.23. The van der Waals surface area contributed by atoms with E-state index in [-0.39, 0.29) is 31.4 Å². The van der Waals surface area contributed by atoms with E-state index in [1.165, 1.54) is 7.11 Å². The maximum Gasteiger partial charge on any atom is 0.391 e. The number of aliphatic hydroxyl groups excluding tert-OH is 1. The quantitative estimate of drug-likeness (QED) is 0.510. The molecule has 1 fully saturated rings. The number of ether oxygens (including phenoxy) is 1. The smallest absolute Gasteiger partial charge is 0.391 e. The molecule has 0 radical (unpaired) electrons. The standard InChI is InChI=1S/C18H21BrClF3O3/c1-10-8-13(19)9-14(26-20)15(10)11(2)16(24)17(25-3)6-4-12(5-7-17)18(21,22)23/h8-9,12,24H,4-7H2,1-3H3/b16-11-. The molecular formula is C18H21BrClF3O3. The van der Waals surface area contributed by atoms with E-state index in [0.29, 0.717) is 16.9 Å². The molecule has 1 aliphatic rings. The fourth-order valence-corrected chi connectivity index (χ4v) is 4.34. The van der Waals surface area contributed by atoms with Gasteiger partial charge in [0.1, 0.15) is 23.2 Å². The summed E-state index contributed by atoms with van der Waals surface area (Å²) in [4.78, 5) is 0. The fraction of sp³-hybridized carbons (Fsp3) is 0.556. The molecule has 0 atom stereocenters. The van der Waals surface area contributed by atoms with E-state index in [0.717, 1.165) is 10.0 Å². The second-order valence-corrected chi connectivity index (χ2v) is 7.73. The summed E-state index contributed by atoms with van der Waals surface area (Å²) in [7, 11) is 1.41. The van der Waals surface area contributed by atoms with Gasteiger partial charge in [0.15, 0.2) is 5.75 Å². The SMILES string of the molecule is COC1(/C(O)=C(\C)c2c(C)cc(Br)cc2OCl)CCC(C(F)(F)F)CC1. The van der Waals surface area contributed by atoms with Crippen LogP contribution in [-0.4, -0.2) is 24.0 Å². The van der Waals surface area contributed by atoms with Crippen LogP contribution in [0.5, 0.6) is 5.75 Å². The van der Waals surface area contributed by atoms with Gasteiger partial charge in [-0.05, 0) is 57.2 Å². The highest BCUT2D eigenvalue weighted by atomic mass is 79.9. The predicted octanol–water partition coefficient (Wildman–Crippen LogP) is 6.72. The van der Waals surface area contributed by atoms with Gasteiger partial charge in [0, 0.05) is 22.7 Å². The maximum absolute atomic E-state index is 13.0. The monoisotopic (exact) mass is 456 g/mol. The third-order valence-corrected chi connectivity index (χ3v) is 5.78. The number of halogens is 5. The average Bonchev–Trinajstić information content (AvgIpc) is 2.59. The molecule has 1 aliphatic carbocycles. The molecule has 0 saturated heterocycles. The van der Waals surface area contributed by atoms with Gasteiger partial charge in [0.25, 0.3) is 0 Å². The Hall–Kier alpha value is -0.920. The van der Waals surface area contributed by atoms with Gasteiger partial charge in [-0.25, -0.2) is 0 Å². The lowest BCUT2D eigenvalue weighted by atomic mass is 9.75. The van der Waals surface area contributed by atoms with Crippen molar-refractivity contribution in [3.8, 4) is 5.75 Å². The van der Waals surface area contributed by atoms with Gasteiger partial charge < -0.3 is 14.1 Å². The number of allylic oxidation sites excluding steroid dienone is 1. The van der Waals surface area contributed by atoms with Gasteiger partial charge in [-0.1, -0.05) is 15.9 Å². The molecule has 8 heteroatoms. The van der Waals surface area contributed by atoms with Crippen LogP contribution in [-0.2, 0) is 4.74 Å². The van der Waals surface area contributed by atoms with E-state index >= 15 is 0 Å². The first kappa shape index (κ1) is 21.4.